The molecule has 2 amide bonds. The molecule has 11 atom stereocenters. The van der Waals surface area contributed by atoms with Crippen molar-refractivity contribution in [3.05, 3.63) is 11.8 Å². The first-order chi connectivity index (χ1) is 21.7. The Kier molecular flexibility index (Phi) is 13.4. The summed E-state index contributed by atoms with van der Waals surface area (Å²) in [6.45, 7) is 15.9. The average molecular weight is 674 g/mol. The molecular formula is C33H59N3O11. The van der Waals surface area contributed by atoms with Gasteiger partial charge in [-0.2, -0.15) is 0 Å². The number of hydrogen-bond donors (Lipinski definition) is 7. The highest BCUT2D eigenvalue weighted by molar-refractivity contribution is 5.68. The maximum atomic E-state index is 13.1. The van der Waals surface area contributed by atoms with E-state index in [1.54, 1.807) is 48.5 Å². The third-order valence-electron chi connectivity index (χ3n) is 8.41. The lowest BCUT2D eigenvalue weighted by atomic mass is 9.71. The number of alkyl carbamates (subject to hydrolysis) is 2. The second kappa shape index (κ2) is 16.0. The SMILES string of the molecule is CCC1=CCC(C)C(C2C(NC(=O)OC(C)(C)C)CC(NCC(O)CNC(=O)OC(C)(C)C)C(OC3OCC(C)(O)CC3O)C2O)O1. The molecular weight excluding hydrogens is 614 g/mol. The minimum absolute atomic E-state index is 0.00725. The van der Waals surface area contributed by atoms with Gasteiger partial charge < -0.3 is 60.1 Å². The van der Waals surface area contributed by atoms with Crippen LogP contribution in [0.25, 0.3) is 0 Å². The van der Waals surface area contributed by atoms with E-state index in [1.807, 2.05) is 19.9 Å². The summed E-state index contributed by atoms with van der Waals surface area (Å²) in [4.78, 5) is 25.2. The predicted octanol–water partition coefficient (Wildman–Crippen LogP) is 2.07. The van der Waals surface area contributed by atoms with E-state index in [4.69, 9.17) is 23.7 Å². The molecule has 272 valence electrons. The van der Waals surface area contributed by atoms with Crippen molar-refractivity contribution in [3.63, 3.8) is 0 Å². The van der Waals surface area contributed by atoms with Gasteiger partial charge >= 0.3 is 12.2 Å². The number of carbonyl (C=O) groups is 2. The number of aliphatic hydroxyl groups is 4. The van der Waals surface area contributed by atoms with Gasteiger partial charge in [-0.3, -0.25) is 0 Å². The second-order valence-corrected chi connectivity index (χ2v) is 15.5. The quantitative estimate of drug-likeness (QED) is 0.179. The minimum Gasteiger partial charge on any atom is -0.494 e. The molecule has 0 aromatic rings. The van der Waals surface area contributed by atoms with Gasteiger partial charge in [0.2, 0.25) is 0 Å². The summed E-state index contributed by atoms with van der Waals surface area (Å²) in [5, 5.41) is 52.9. The van der Waals surface area contributed by atoms with Crippen molar-refractivity contribution in [2.45, 2.75) is 154 Å². The largest absolute Gasteiger partial charge is 0.494 e. The Balaban J connectivity index is 1.88. The van der Waals surface area contributed by atoms with E-state index in [2.05, 4.69) is 16.0 Å². The van der Waals surface area contributed by atoms with E-state index in [0.717, 1.165) is 12.2 Å². The first-order valence-electron chi connectivity index (χ1n) is 16.8. The lowest BCUT2D eigenvalue weighted by molar-refractivity contribution is -0.290. The first-order valence-corrected chi connectivity index (χ1v) is 16.8. The Labute approximate surface area is 278 Å². The van der Waals surface area contributed by atoms with Crippen molar-refractivity contribution in [2.75, 3.05) is 19.7 Å². The molecule has 2 fully saturated rings. The molecule has 0 spiro atoms. The van der Waals surface area contributed by atoms with E-state index < -0.39 is 83.8 Å². The Morgan fingerprint density at radius 2 is 1.70 bits per heavy atom. The van der Waals surface area contributed by atoms with E-state index in [9.17, 15) is 30.0 Å². The zero-order valence-electron chi connectivity index (χ0n) is 29.4. The monoisotopic (exact) mass is 673 g/mol. The summed E-state index contributed by atoms with van der Waals surface area (Å²) < 4.78 is 29.3. The van der Waals surface area contributed by atoms with E-state index >= 15 is 0 Å². The normalized spacial score (nSPS) is 35.6. The van der Waals surface area contributed by atoms with Crippen molar-refractivity contribution in [1.29, 1.82) is 0 Å². The third kappa shape index (κ3) is 12.0. The molecule has 1 saturated heterocycles. The summed E-state index contributed by atoms with van der Waals surface area (Å²) >= 11 is 0. The Morgan fingerprint density at radius 3 is 2.30 bits per heavy atom. The van der Waals surface area contributed by atoms with Crippen molar-refractivity contribution >= 4 is 12.2 Å². The van der Waals surface area contributed by atoms with Gasteiger partial charge in [-0.25, -0.2) is 9.59 Å². The van der Waals surface area contributed by atoms with Crippen molar-refractivity contribution in [2.24, 2.45) is 11.8 Å². The number of carbonyl (C=O) groups excluding carboxylic acids is 2. The molecule has 0 bridgehead atoms. The van der Waals surface area contributed by atoms with Gasteiger partial charge in [0.05, 0.1) is 30.2 Å². The van der Waals surface area contributed by atoms with Gasteiger partial charge in [0, 0.05) is 43.9 Å². The van der Waals surface area contributed by atoms with Gasteiger partial charge in [-0.15, -0.1) is 0 Å². The zero-order valence-corrected chi connectivity index (χ0v) is 29.4. The number of hydrogen-bond acceptors (Lipinski definition) is 12. The fourth-order valence-corrected chi connectivity index (χ4v) is 6.29. The highest BCUT2D eigenvalue weighted by Gasteiger charge is 2.53. The van der Waals surface area contributed by atoms with Crippen LogP contribution in [0.5, 0.6) is 0 Å². The summed E-state index contributed by atoms with van der Waals surface area (Å²) in [6.07, 6.45) is -3.73. The molecule has 1 aliphatic carbocycles. The Morgan fingerprint density at radius 1 is 1.06 bits per heavy atom. The van der Waals surface area contributed by atoms with E-state index in [1.165, 1.54) is 0 Å². The molecule has 3 aliphatic rings. The maximum Gasteiger partial charge on any atom is 0.407 e. The molecule has 2 heterocycles. The third-order valence-corrected chi connectivity index (χ3v) is 8.41. The number of ether oxygens (including phenoxy) is 5. The van der Waals surface area contributed by atoms with Crippen LogP contribution >= 0.6 is 0 Å². The van der Waals surface area contributed by atoms with Gasteiger partial charge in [-0.1, -0.05) is 13.8 Å². The fraction of sp³-hybridized carbons (Fsp3) is 0.879. The highest BCUT2D eigenvalue weighted by Crippen LogP contribution is 2.40. The van der Waals surface area contributed by atoms with Crippen LogP contribution in [-0.4, -0.2) is 118 Å². The number of allylic oxidation sites excluding steroid dienone is 2. The van der Waals surface area contributed by atoms with Gasteiger partial charge in [0.1, 0.15) is 29.5 Å². The molecule has 3 rings (SSSR count). The van der Waals surface area contributed by atoms with Crippen molar-refractivity contribution < 1.29 is 53.7 Å². The molecule has 0 aromatic heterocycles. The lowest BCUT2D eigenvalue weighted by Crippen LogP contribution is -2.67. The van der Waals surface area contributed by atoms with Crippen LogP contribution in [0.1, 0.15) is 88.0 Å². The second-order valence-electron chi connectivity index (χ2n) is 15.5. The first kappa shape index (κ1) is 39.2. The van der Waals surface area contributed by atoms with Crippen LogP contribution < -0.4 is 16.0 Å². The molecule has 1 saturated carbocycles. The molecule has 14 heteroatoms. The van der Waals surface area contributed by atoms with Crippen molar-refractivity contribution in [1.82, 2.24) is 16.0 Å². The molecule has 11 unspecified atom stereocenters. The number of nitrogens with one attached hydrogen (secondary N) is 3. The lowest BCUT2D eigenvalue weighted by Gasteiger charge is -2.50. The van der Waals surface area contributed by atoms with Crippen LogP contribution in [0.4, 0.5) is 9.59 Å². The van der Waals surface area contributed by atoms with Gasteiger partial charge in [0.15, 0.2) is 6.29 Å². The number of rotatable bonds is 10. The summed E-state index contributed by atoms with van der Waals surface area (Å²) in [5.74, 6) is 0.131. The van der Waals surface area contributed by atoms with E-state index in [-0.39, 0.29) is 38.5 Å². The maximum absolute atomic E-state index is 13.1. The molecule has 14 nitrogen and oxygen atoms in total. The van der Waals surface area contributed by atoms with Crippen LogP contribution in [-0.2, 0) is 23.7 Å². The zero-order chi connectivity index (χ0) is 35.3. The number of aliphatic hydroxyl groups excluding tert-OH is 3. The topological polar surface area (TPSA) is 197 Å². The molecule has 2 aliphatic heterocycles. The molecule has 7 N–H and O–H groups in total. The molecule has 0 radical (unpaired) electrons. The van der Waals surface area contributed by atoms with Gasteiger partial charge in [-0.05, 0) is 73.3 Å². The van der Waals surface area contributed by atoms with Crippen LogP contribution in [0.2, 0.25) is 0 Å². The summed E-state index contributed by atoms with van der Waals surface area (Å²) in [6, 6.07) is -1.31. The minimum atomic E-state index is -1.24. The van der Waals surface area contributed by atoms with Crippen LogP contribution in [0, 0.1) is 11.8 Å². The predicted molar refractivity (Wildman–Crippen MR) is 172 cm³/mol. The molecule has 47 heavy (non-hydrogen) atoms. The van der Waals surface area contributed by atoms with Crippen LogP contribution in [0.15, 0.2) is 11.8 Å². The van der Waals surface area contributed by atoms with Crippen LogP contribution in [0.3, 0.4) is 0 Å². The summed E-state index contributed by atoms with van der Waals surface area (Å²) in [7, 11) is 0. The fourth-order valence-electron chi connectivity index (χ4n) is 6.29. The standard InChI is InChI=1S/C33H59N3O11/c1-10-20-12-11-18(2)26(44-20)24-21(36-30(41)47-32(6,7)8)13-22(34-15-19(37)16-35-29(40)46-31(3,4)5)27(25(24)39)45-28-23(38)14-33(9,42)17-43-28/h12,18-19,21-28,34,37-39,42H,10-11,13-17H2,1-9H3,(H,35,40)(H,36,41). The Bertz CT molecular complexity index is 1070. The van der Waals surface area contributed by atoms with Crippen molar-refractivity contribution in [3.8, 4) is 0 Å². The smallest absolute Gasteiger partial charge is 0.407 e. The highest BCUT2D eigenvalue weighted by atomic mass is 16.7. The van der Waals surface area contributed by atoms with E-state index in [0.29, 0.717) is 6.42 Å². The summed E-state index contributed by atoms with van der Waals surface area (Å²) in [5.41, 5.74) is -2.70. The average Bonchev–Trinajstić information content (AvgIpc) is 2.92. The Hall–Kier alpha value is -2.20. The number of amides is 2. The van der Waals surface area contributed by atoms with Gasteiger partial charge in [0.25, 0.3) is 0 Å². The molecule has 0 aromatic carbocycles.